The minimum absolute atomic E-state index is 0.0520. The van der Waals surface area contributed by atoms with Gasteiger partial charge in [-0.1, -0.05) is 47.0 Å². The quantitative estimate of drug-likeness (QED) is 0.633. The van der Waals surface area contributed by atoms with Crippen LogP contribution in [0.3, 0.4) is 0 Å². The van der Waals surface area contributed by atoms with Gasteiger partial charge in [0.2, 0.25) is 0 Å². The van der Waals surface area contributed by atoms with Gasteiger partial charge in [-0.3, -0.25) is 9.59 Å². The van der Waals surface area contributed by atoms with Crippen molar-refractivity contribution < 1.29 is 9.59 Å². The molecule has 0 N–H and O–H groups in total. The number of ketones is 2. The molecule has 2 aliphatic heterocycles. The molecule has 3 aliphatic rings. The van der Waals surface area contributed by atoms with Crippen molar-refractivity contribution in [2.45, 2.75) is 0 Å². The lowest BCUT2D eigenvalue weighted by atomic mass is 10.2. The third-order valence-corrected chi connectivity index (χ3v) is 10.9. The maximum atomic E-state index is 11.8. The summed E-state index contributed by atoms with van der Waals surface area (Å²) < 4.78 is 4.84. The van der Waals surface area contributed by atoms with E-state index in [-0.39, 0.29) is 11.6 Å². The largest absolute Gasteiger partial charge is 0.289 e. The lowest BCUT2D eigenvalue weighted by Gasteiger charge is -2.01. The second-order valence-corrected chi connectivity index (χ2v) is 10.4. The van der Waals surface area contributed by atoms with Crippen LogP contribution in [0.25, 0.3) is 0 Å². The molecule has 0 spiro atoms. The Balaban J connectivity index is 1.86. The monoisotopic (exact) mass is 376 g/mol. The first-order valence-corrected chi connectivity index (χ1v) is 11.1. The van der Waals surface area contributed by atoms with Crippen LogP contribution in [-0.4, -0.2) is 24.1 Å². The van der Waals surface area contributed by atoms with E-state index < -0.39 is 0 Å². The summed E-state index contributed by atoms with van der Waals surface area (Å²) in [7, 11) is 0. The van der Waals surface area contributed by atoms with Crippen molar-refractivity contribution in [1.82, 2.24) is 0 Å². The lowest BCUT2D eigenvalue weighted by molar-refractivity contribution is -0.114. The Morgan fingerprint density at radius 1 is 0.750 bits per heavy atom. The number of carbonyl (C=O) groups is 2. The fourth-order valence-electron chi connectivity index (χ4n) is 1.62. The third kappa shape index (κ3) is 2.70. The molecular formula is C12H8O2S6. The highest BCUT2D eigenvalue weighted by atomic mass is 32.3. The summed E-state index contributed by atoms with van der Waals surface area (Å²) in [5, 5.41) is 0. The first kappa shape index (κ1) is 15.3. The van der Waals surface area contributed by atoms with Crippen LogP contribution < -0.4 is 0 Å². The molecule has 0 saturated heterocycles. The van der Waals surface area contributed by atoms with E-state index in [1.54, 1.807) is 47.0 Å². The summed E-state index contributed by atoms with van der Waals surface area (Å²) in [6.07, 6.45) is 6.89. The molecule has 2 nitrogen and oxygen atoms in total. The number of carbonyl (C=O) groups excluding carboxylic acids is 2. The Labute approximate surface area is 142 Å². The molecule has 20 heavy (non-hydrogen) atoms. The van der Waals surface area contributed by atoms with Crippen molar-refractivity contribution in [2.75, 3.05) is 12.5 Å². The van der Waals surface area contributed by atoms with E-state index in [2.05, 4.69) is 12.5 Å². The van der Waals surface area contributed by atoms with Gasteiger partial charge in [-0.2, -0.15) is 0 Å². The molecule has 0 amide bonds. The van der Waals surface area contributed by atoms with E-state index in [9.17, 15) is 9.59 Å². The molecule has 0 fully saturated rings. The molecule has 0 aromatic heterocycles. The van der Waals surface area contributed by atoms with Crippen LogP contribution in [0.15, 0.2) is 38.9 Å². The molecule has 0 aromatic carbocycles. The molecule has 104 valence electrons. The van der Waals surface area contributed by atoms with Crippen molar-refractivity contribution in [3.63, 3.8) is 0 Å². The Hall–Kier alpha value is 0.400. The second-order valence-electron chi connectivity index (χ2n) is 3.69. The smallest absolute Gasteiger partial charge is 0.193 e. The van der Waals surface area contributed by atoms with E-state index in [0.29, 0.717) is 9.81 Å². The molecule has 0 bridgehead atoms. The standard InChI is InChI=1S/C12H8O2S6/c1-15-9-10(16-2)20-12(19-9)11-17-7-5(13)3-4-6(14)8(7)18-11/h3-4H,1-2H3. The number of thioether (sulfide) groups is 6. The van der Waals surface area contributed by atoms with Gasteiger partial charge in [0, 0.05) is 0 Å². The highest BCUT2D eigenvalue weighted by Crippen LogP contribution is 2.63. The molecule has 0 atom stereocenters. The highest BCUT2D eigenvalue weighted by Gasteiger charge is 2.35. The summed E-state index contributed by atoms with van der Waals surface area (Å²) in [5.41, 5.74) is 0. The molecule has 0 radical (unpaired) electrons. The van der Waals surface area contributed by atoms with E-state index >= 15 is 0 Å². The van der Waals surface area contributed by atoms with Gasteiger partial charge in [0.1, 0.15) is 0 Å². The topological polar surface area (TPSA) is 34.1 Å². The zero-order valence-corrected chi connectivity index (χ0v) is 15.3. The predicted molar refractivity (Wildman–Crippen MR) is 97.6 cm³/mol. The number of allylic oxidation sites excluding steroid dienone is 4. The predicted octanol–water partition coefficient (Wildman–Crippen LogP) is 4.85. The normalized spacial score (nSPS) is 22.5. The summed E-state index contributed by atoms with van der Waals surface area (Å²) in [6.45, 7) is 0. The number of hydrogen-bond acceptors (Lipinski definition) is 8. The van der Waals surface area contributed by atoms with Crippen LogP contribution in [-0.2, 0) is 9.59 Å². The number of hydrogen-bond donors (Lipinski definition) is 0. The van der Waals surface area contributed by atoms with Gasteiger partial charge >= 0.3 is 0 Å². The maximum Gasteiger partial charge on any atom is 0.193 e. The van der Waals surface area contributed by atoms with Gasteiger partial charge in [-0.25, -0.2) is 0 Å². The Kier molecular flexibility index (Phi) is 4.79. The molecule has 0 unspecified atom stereocenters. The first-order chi connectivity index (χ1) is 9.63. The van der Waals surface area contributed by atoms with Crippen molar-refractivity contribution in [1.29, 1.82) is 0 Å². The lowest BCUT2D eigenvalue weighted by Crippen LogP contribution is -2.07. The van der Waals surface area contributed by atoms with E-state index in [0.717, 1.165) is 4.24 Å². The van der Waals surface area contributed by atoms with Crippen LogP contribution in [0.2, 0.25) is 0 Å². The fourth-order valence-corrected chi connectivity index (χ4v) is 9.45. The van der Waals surface area contributed by atoms with Gasteiger partial charge in [0.05, 0.1) is 26.8 Å². The Morgan fingerprint density at radius 2 is 1.15 bits per heavy atom. The molecule has 8 heteroatoms. The summed E-state index contributed by atoms with van der Waals surface area (Å²) >= 11 is 9.85. The van der Waals surface area contributed by atoms with Crippen molar-refractivity contribution in [3.05, 3.63) is 38.9 Å². The summed E-state index contributed by atoms with van der Waals surface area (Å²) in [6, 6.07) is 0. The van der Waals surface area contributed by atoms with Crippen LogP contribution in [0.1, 0.15) is 0 Å². The van der Waals surface area contributed by atoms with Crippen molar-refractivity contribution in [2.24, 2.45) is 0 Å². The van der Waals surface area contributed by atoms with Gasteiger partial charge in [-0.15, -0.1) is 23.5 Å². The first-order valence-electron chi connectivity index (χ1n) is 5.43. The zero-order chi connectivity index (χ0) is 14.3. The Bertz CT molecular complexity index is 590. The van der Waals surface area contributed by atoms with E-state index in [1.165, 1.54) is 48.4 Å². The average Bonchev–Trinajstić information content (AvgIpc) is 3.06. The highest BCUT2D eigenvalue weighted by molar-refractivity contribution is 8.42. The molecule has 0 saturated carbocycles. The minimum Gasteiger partial charge on any atom is -0.289 e. The fraction of sp³-hybridized carbons (Fsp3) is 0.167. The molecular weight excluding hydrogens is 369 g/mol. The van der Waals surface area contributed by atoms with E-state index in [1.807, 2.05) is 0 Å². The Morgan fingerprint density at radius 3 is 1.55 bits per heavy atom. The number of rotatable bonds is 2. The summed E-state index contributed by atoms with van der Waals surface area (Å²) in [4.78, 5) is 24.9. The van der Waals surface area contributed by atoms with Crippen LogP contribution >= 0.6 is 70.6 Å². The van der Waals surface area contributed by atoms with Crippen LogP contribution in [0.4, 0.5) is 0 Å². The van der Waals surface area contributed by atoms with Gasteiger partial charge in [0.25, 0.3) is 0 Å². The van der Waals surface area contributed by atoms with E-state index in [4.69, 9.17) is 0 Å². The molecule has 2 heterocycles. The van der Waals surface area contributed by atoms with Gasteiger partial charge in [0.15, 0.2) is 11.6 Å². The minimum atomic E-state index is -0.0520. The van der Waals surface area contributed by atoms with Crippen molar-refractivity contribution in [3.8, 4) is 0 Å². The SMILES string of the molecule is CSC1=C(SC)SC(=C2SC3=C(S2)C(=O)C=CC3=O)S1. The van der Waals surface area contributed by atoms with Crippen molar-refractivity contribution >= 4 is 82.1 Å². The zero-order valence-electron chi connectivity index (χ0n) is 10.4. The molecule has 1 aliphatic carbocycles. The molecule has 3 rings (SSSR count). The molecule has 0 aromatic rings. The third-order valence-electron chi connectivity index (χ3n) is 2.50. The maximum absolute atomic E-state index is 11.8. The average molecular weight is 377 g/mol. The summed E-state index contributed by atoms with van der Waals surface area (Å²) in [5.74, 6) is -0.104. The van der Waals surface area contributed by atoms with Gasteiger partial charge < -0.3 is 0 Å². The second kappa shape index (κ2) is 6.26. The van der Waals surface area contributed by atoms with Crippen LogP contribution in [0, 0.1) is 0 Å². The van der Waals surface area contributed by atoms with Gasteiger partial charge in [-0.05, 0) is 24.7 Å². The van der Waals surface area contributed by atoms with Crippen LogP contribution in [0.5, 0.6) is 0 Å².